The van der Waals surface area contributed by atoms with Crippen LogP contribution in [0.25, 0.3) is 0 Å². The lowest BCUT2D eigenvalue weighted by molar-refractivity contribution is -0.173. The highest BCUT2D eigenvalue weighted by Gasteiger charge is 2.25. The monoisotopic (exact) mass is 217 g/mol. The van der Waals surface area contributed by atoms with Crippen molar-refractivity contribution in [3.63, 3.8) is 0 Å². The molecule has 92 valence electrons. The zero-order valence-corrected chi connectivity index (χ0v) is 11.4. The summed E-state index contributed by atoms with van der Waals surface area (Å²) in [5, 5.41) is 0. The van der Waals surface area contributed by atoms with Gasteiger partial charge in [-0.15, -0.1) is 0 Å². The zero-order valence-electron chi connectivity index (χ0n) is 11.4. The Hall–Kier alpha value is -0.120. The van der Waals surface area contributed by atoms with E-state index in [1.165, 1.54) is 0 Å². The van der Waals surface area contributed by atoms with E-state index in [9.17, 15) is 0 Å². The van der Waals surface area contributed by atoms with Crippen molar-refractivity contribution in [2.75, 3.05) is 20.4 Å². The smallest absolute Gasteiger partial charge is 0.117 e. The van der Waals surface area contributed by atoms with Gasteiger partial charge in [0.05, 0.1) is 5.60 Å². The standard InChI is InChI=1S/C12H27NO2/c1-8-9-14-12(5,6)13(7)10-15-11(2,3)4/h8-10H2,1-7H3. The van der Waals surface area contributed by atoms with Gasteiger partial charge in [-0.3, -0.25) is 4.90 Å². The van der Waals surface area contributed by atoms with Crippen LogP contribution in [0.4, 0.5) is 0 Å². The molecule has 0 heterocycles. The molecule has 0 unspecified atom stereocenters. The Kier molecular flexibility index (Phi) is 5.78. The Morgan fingerprint density at radius 2 is 1.53 bits per heavy atom. The van der Waals surface area contributed by atoms with Gasteiger partial charge in [-0.25, -0.2) is 0 Å². The van der Waals surface area contributed by atoms with E-state index in [0.29, 0.717) is 6.73 Å². The van der Waals surface area contributed by atoms with Crippen molar-refractivity contribution < 1.29 is 9.47 Å². The second kappa shape index (κ2) is 5.83. The van der Waals surface area contributed by atoms with Gasteiger partial charge >= 0.3 is 0 Å². The summed E-state index contributed by atoms with van der Waals surface area (Å²) in [5.41, 5.74) is -0.365. The van der Waals surface area contributed by atoms with Gasteiger partial charge in [0.15, 0.2) is 0 Å². The molecule has 0 N–H and O–H groups in total. The highest BCUT2D eigenvalue weighted by atomic mass is 16.5. The summed E-state index contributed by atoms with van der Waals surface area (Å²) in [5.74, 6) is 0. The molecule has 0 saturated carbocycles. The topological polar surface area (TPSA) is 21.7 Å². The molecule has 0 aromatic rings. The second-order valence-corrected chi connectivity index (χ2v) is 5.38. The molecular formula is C12H27NO2. The van der Waals surface area contributed by atoms with Gasteiger partial charge in [0.25, 0.3) is 0 Å². The summed E-state index contributed by atoms with van der Waals surface area (Å²) in [7, 11) is 2.02. The molecule has 15 heavy (non-hydrogen) atoms. The van der Waals surface area contributed by atoms with Gasteiger partial charge in [0.2, 0.25) is 0 Å². The lowest BCUT2D eigenvalue weighted by Gasteiger charge is -2.36. The minimum Gasteiger partial charge on any atom is -0.361 e. The first kappa shape index (κ1) is 14.9. The zero-order chi connectivity index (χ0) is 12.1. The van der Waals surface area contributed by atoms with Crippen LogP contribution < -0.4 is 0 Å². The number of hydrogen-bond donors (Lipinski definition) is 0. The van der Waals surface area contributed by atoms with E-state index in [1.807, 2.05) is 7.05 Å². The first-order valence-corrected chi connectivity index (χ1v) is 5.68. The molecule has 0 aromatic carbocycles. The van der Waals surface area contributed by atoms with E-state index in [4.69, 9.17) is 9.47 Å². The fourth-order valence-corrected chi connectivity index (χ4v) is 0.908. The van der Waals surface area contributed by atoms with Crippen LogP contribution in [0.5, 0.6) is 0 Å². The first-order valence-electron chi connectivity index (χ1n) is 5.68. The summed E-state index contributed by atoms with van der Waals surface area (Å²) in [4.78, 5) is 2.08. The Morgan fingerprint density at radius 3 is 1.93 bits per heavy atom. The number of ether oxygens (including phenoxy) is 2. The minimum absolute atomic E-state index is 0.102. The molecule has 0 saturated heterocycles. The van der Waals surface area contributed by atoms with Crippen LogP contribution in [0.2, 0.25) is 0 Å². The maximum atomic E-state index is 5.75. The fourth-order valence-electron chi connectivity index (χ4n) is 0.908. The summed E-state index contributed by atoms with van der Waals surface area (Å²) < 4.78 is 11.5. The Balaban J connectivity index is 4.01. The van der Waals surface area contributed by atoms with Gasteiger partial charge in [-0.05, 0) is 48.1 Å². The van der Waals surface area contributed by atoms with Gasteiger partial charge in [0, 0.05) is 6.61 Å². The second-order valence-electron chi connectivity index (χ2n) is 5.38. The Bertz CT molecular complexity index is 173. The predicted molar refractivity (Wildman–Crippen MR) is 63.8 cm³/mol. The van der Waals surface area contributed by atoms with Gasteiger partial charge in [0.1, 0.15) is 12.5 Å². The molecule has 0 amide bonds. The highest BCUT2D eigenvalue weighted by molar-refractivity contribution is 4.67. The molecule has 0 atom stereocenters. The summed E-state index contributed by atoms with van der Waals surface area (Å²) >= 11 is 0. The normalized spacial score (nSPS) is 13.6. The molecule has 0 aliphatic rings. The molecular weight excluding hydrogens is 190 g/mol. The average molecular weight is 217 g/mol. The number of hydrogen-bond acceptors (Lipinski definition) is 3. The van der Waals surface area contributed by atoms with Crippen LogP contribution in [-0.2, 0) is 9.47 Å². The Morgan fingerprint density at radius 1 is 1.00 bits per heavy atom. The minimum atomic E-state index is -0.263. The summed E-state index contributed by atoms with van der Waals surface area (Å²) in [6.45, 7) is 13.8. The number of rotatable bonds is 6. The van der Waals surface area contributed by atoms with E-state index in [1.54, 1.807) is 0 Å². The molecule has 0 fully saturated rings. The van der Waals surface area contributed by atoms with Crippen molar-refractivity contribution in [2.24, 2.45) is 0 Å². The molecule has 0 aromatic heterocycles. The van der Waals surface area contributed by atoms with Crippen LogP contribution in [0.3, 0.4) is 0 Å². The third kappa shape index (κ3) is 6.88. The fraction of sp³-hybridized carbons (Fsp3) is 1.00. The lowest BCUT2D eigenvalue weighted by Crippen LogP contribution is -2.46. The van der Waals surface area contributed by atoms with Gasteiger partial charge in [-0.2, -0.15) is 0 Å². The van der Waals surface area contributed by atoms with Crippen LogP contribution >= 0.6 is 0 Å². The van der Waals surface area contributed by atoms with Crippen molar-refractivity contribution in [1.82, 2.24) is 4.90 Å². The highest BCUT2D eigenvalue weighted by Crippen LogP contribution is 2.16. The number of nitrogens with zero attached hydrogens (tertiary/aromatic N) is 1. The maximum Gasteiger partial charge on any atom is 0.117 e. The van der Waals surface area contributed by atoms with Crippen molar-refractivity contribution in [2.45, 2.75) is 59.3 Å². The van der Waals surface area contributed by atoms with Crippen LogP contribution in [0.15, 0.2) is 0 Å². The van der Waals surface area contributed by atoms with Crippen molar-refractivity contribution in [3.8, 4) is 0 Å². The van der Waals surface area contributed by atoms with E-state index >= 15 is 0 Å². The van der Waals surface area contributed by atoms with Crippen LogP contribution in [0.1, 0.15) is 48.0 Å². The van der Waals surface area contributed by atoms with E-state index < -0.39 is 0 Å². The van der Waals surface area contributed by atoms with E-state index in [0.717, 1.165) is 13.0 Å². The third-order valence-electron chi connectivity index (χ3n) is 2.27. The first-order chi connectivity index (χ1) is 6.69. The molecule has 0 aliphatic heterocycles. The molecule has 3 nitrogen and oxygen atoms in total. The summed E-state index contributed by atoms with van der Waals surface area (Å²) in [6, 6.07) is 0. The molecule has 0 radical (unpaired) electrons. The van der Waals surface area contributed by atoms with Crippen molar-refractivity contribution in [1.29, 1.82) is 0 Å². The molecule has 0 spiro atoms. The Labute approximate surface area is 94.7 Å². The lowest BCUT2D eigenvalue weighted by atomic mass is 10.2. The van der Waals surface area contributed by atoms with Crippen molar-refractivity contribution >= 4 is 0 Å². The van der Waals surface area contributed by atoms with E-state index in [-0.39, 0.29) is 11.3 Å². The van der Waals surface area contributed by atoms with Crippen LogP contribution in [-0.4, -0.2) is 36.6 Å². The van der Waals surface area contributed by atoms with E-state index in [2.05, 4.69) is 46.4 Å². The van der Waals surface area contributed by atoms with Gasteiger partial charge < -0.3 is 9.47 Å². The molecule has 0 bridgehead atoms. The third-order valence-corrected chi connectivity index (χ3v) is 2.27. The predicted octanol–water partition coefficient (Wildman–Crippen LogP) is 2.85. The van der Waals surface area contributed by atoms with Gasteiger partial charge in [-0.1, -0.05) is 6.92 Å². The quantitative estimate of drug-likeness (QED) is 0.639. The van der Waals surface area contributed by atoms with Crippen LogP contribution in [0, 0.1) is 0 Å². The molecule has 0 aliphatic carbocycles. The summed E-state index contributed by atoms with van der Waals surface area (Å²) in [6.07, 6.45) is 1.04. The molecule has 3 heteroatoms. The average Bonchev–Trinajstić information content (AvgIpc) is 2.09. The maximum absolute atomic E-state index is 5.75. The SMILES string of the molecule is CCCOC(C)(C)N(C)COC(C)(C)C. The molecule has 0 rings (SSSR count). The van der Waals surface area contributed by atoms with Crippen molar-refractivity contribution in [3.05, 3.63) is 0 Å². The largest absolute Gasteiger partial charge is 0.361 e.